The summed E-state index contributed by atoms with van der Waals surface area (Å²) in [6.07, 6.45) is 2.79. The zero-order valence-corrected chi connectivity index (χ0v) is 12.8. The number of nitrogens with zero attached hydrogens (tertiary/aromatic N) is 3. The van der Waals surface area contributed by atoms with Gasteiger partial charge in [0.1, 0.15) is 0 Å². The normalized spacial score (nSPS) is 12.6. The Bertz CT molecular complexity index is 559. The summed E-state index contributed by atoms with van der Waals surface area (Å²) >= 11 is 0. The number of nitrogens with one attached hydrogen (secondary N) is 1. The lowest BCUT2D eigenvalue weighted by molar-refractivity contribution is 0.513. The van der Waals surface area contributed by atoms with Gasteiger partial charge in [-0.05, 0) is 45.0 Å². The zero-order valence-electron chi connectivity index (χ0n) is 12.8. The molecule has 4 heteroatoms. The molecule has 0 aliphatic carbocycles. The van der Waals surface area contributed by atoms with Crippen molar-refractivity contribution in [3.63, 3.8) is 0 Å². The van der Waals surface area contributed by atoms with E-state index in [9.17, 15) is 0 Å². The van der Waals surface area contributed by atoms with E-state index in [0.29, 0.717) is 0 Å². The maximum absolute atomic E-state index is 4.53. The molecular formula is C16H24N4. The SMILES string of the molecule is CCNC(Cc1cc(C)nn1CC)c1cccnc1C. The van der Waals surface area contributed by atoms with Crippen molar-refractivity contribution in [2.24, 2.45) is 0 Å². The van der Waals surface area contributed by atoms with E-state index < -0.39 is 0 Å². The molecule has 0 spiro atoms. The van der Waals surface area contributed by atoms with Crippen LogP contribution in [0.2, 0.25) is 0 Å². The van der Waals surface area contributed by atoms with Crippen molar-refractivity contribution in [1.82, 2.24) is 20.1 Å². The van der Waals surface area contributed by atoms with Crippen LogP contribution >= 0.6 is 0 Å². The Hall–Kier alpha value is -1.68. The van der Waals surface area contributed by atoms with Gasteiger partial charge in [-0.15, -0.1) is 0 Å². The number of aryl methyl sites for hydroxylation is 3. The first-order chi connectivity index (χ1) is 9.65. The summed E-state index contributed by atoms with van der Waals surface area (Å²) in [5.41, 5.74) is 4.73. The van der Waals surface area contributed by atoms with E-state index in [1.807, 2.05) is 19.2 Å². The van der Waals surface area contributed by atoms with Crippen molar-refractivity contribution in [1.29, 1.82) is 0 Å². The van der Waals surface area contributed by atoms with Crippen LogP contribution in [0.3, 0.4) is 0 Å². The predicted octanol–water partition coefficient (Wildman–Crippen LogP) is 2.81. The maximum atomic E-state index is 4.53. The highest BCUT2D eigenvalue weighted by atomic mass is 15.3. The molecule has 4 nitrogen and oxygen atoms in total. The lowest BCUT2D eigenvalue weighted by Crippen LogP contribution is -2.25. The molecule has 0 amide bonds. The summed E-state index contributed by atoms with van der Waals surface area (Å²) in [7, 11) is 0. The van der Waals surface area contributed by atoms with Crippen LogP contribution < -0.4 is 5.32 Å². The minimum atomic E-state index is 0.287. The molecule has 0 bridgehead atoms. The molecule has 1 N–H and O–H groups in total. The second-order valence-corrected chi connectivity index (χ2v) is 5.09. The number of pyridine rings is 1. The predicted molar refractivity (Wildman–Crippen MR) is 81.7 cm³/mol. The van der Waals surface area contributed by atoms with E-state index in [-0.39, 0.29) is 6.04 Å². The van der Waals surface area contributed by atoms with Gasteiger partial charge in [0.05, 0.1) is 5.69 Å². The van der Waals surface area contributed by atoms with Crippen LogP contribution in [0.5, 0.6) is 0 Å². The van der Waals surface area contributed by atoms with Crippen LogP contribution in [0.15, 0.2) is 24.4 Å². The van der Waals surface area contributed by atoms with Gasteiger partial charge in [-0.2, -0.15) is 5.10 Å². The highest BCUT2D eigenvalue weighted by Gasteiger charge is 2.16. The summed E-state index contributed by atoms with van der Waals surface area (Å²) in [5.74, 6) is 0. The summed E-state index contributed by atoms with van der Waals surface area (Å²) in [4.78, 5) is 4.41. The zero-order chi connectivity index (χ0) is 14.5. The van der Waals surface area contributed by atoms with E-state index in [1.165, 1.54) is 11.3 Å². The first kappa shape index (κ1) is 14.7. The lowest BCUT2D eigenvalue weighted by Gasteiger charge is -2.20. The summed E-state index contributed by atoms with van der Waals surface area (Å²) in [5, 5.41) is 8.10. The first-order valence-electron chi connectivity index (χ1n) is 7.33. The van der Waals surface area contributed by atoms with Crippen LogP contribution in [0.25, 0.3) is 0 Å². The van der Waals surface area contributed by atoms with Crippen LogP contribution in [0.4, 0.5) is 0 Å². The molecule has 20 heavy (non-hydrogen) atoms. The number of hydrogen-bond acceptors (Lipinski definition) is 3. The lowest BCUT2D eigenvalue weighted by atomic mass is 10.0. The van der Waals surface area contributed by atoms with Crippen LogP contribution in [-0.4, -0.2) is 21.3 Å². The van der Waals surface area contributed by atoms with E-state index in [0.717, 1.165) is 30.9 Å². The molecule has 0 aliphatic heterocycles. The highest BCUT2D eigenvalue weighted by Crippen LogP contribution is 2.21. The molecular weight excluding hydrogens is 248 g/mol. The average Bonchev–Trinajstić information content (AvgIpc) is 2.79. The molecule has 0 aliphatic rings. The van der Waals surface area contributed by atoms with Crippen molar-refractivity contribution < 1.29 is 0 Å². The van der Waals surface area contributed by atoms with Gasteiger partial charge in [0, 0.05) is 36.6 Å². The fourth-order valence-corrected chi connectivity index (χ4v) is 2.65. The summed E-state index contributed by atoms with van der Waals surface area (Å²) in [6, 6.07) is 6.64. The molecule has 2 rings (SSSR count). The number of aromatic nitrogens is 3. The van der Waals surface area contributed by atoms with Gasteiger partial charge in [0.15, 0.2) is 0 Å². The highest BCUT2D eigenvalue weighted by molar-refractivity contribution is 5.25. The summed E-state index contributed by atoms with van der Waals surface area (Å²) < 4.78 is 2.09. The molecule has 0 aromatic carbocycles. The van der Waals surface area contributed by atoms with Crippen molar-refractivity contribution in [3.05, 3.63) is 47.0 Å². The standard InChI is InChI=1S/C16H24N4/c1-5-17-16(15-8-7-9-18-13(15)4)11-14-10-12(3)19-20(14)6-2/h7-10,16-17H,5-6,11H2,1-4H3. The van der Waals surface area contributed by atoms with Gasteiger partial charge in [-0.25, -0.2) is 0 Å². The third kappa shape index (κ3) is 3.25. The van der Waals surface area contributed by atoms with Gasteiger partial charge in [0.25, 0.3) is 0 Å². The van der Waals surface area contributed by atoms with Crippen molar-refractivity contribution in [3.8, 4) is 0 Å². The monoisotopic (exact) mass is 272 g/mol. The van der Waals surface area contributed by atoms with Gasteiger partial charge in [-0.3, -0.25) is 9.67 Å². The Morgan fingerprint density at radius 3 is 2.75 bits per heavy atom. The third-order valence-corrected chi connectivity index (χ3v) is 3.57. The van der Waals surface area contributed by atoms with E-state index >= 15 is 0 Å². The van der Waals surface area contributed by atoms with Gasteiger partial charge >= 0.3 is 0 Å². The van der Waals surface area contributed by atoms with Crippen LogP contribution in [0.1, 0.15) is 42.5 Å². The molecule has 1 unspecified atom stereocenters. The van der Waals surface area contributed by atoms with E-state index in [4.69, 9.17) is 0 Å². The molecule has 0 radical (unpaired) electrons. The molecule has 1 atom stereocenters. The second-order valence-electron chi connectivity index (χ2n) is 5.09. The van der Waals surface area contributed by atoms with Crippen LogP contribution in [-0.2, 0) is 13.0 Å². The molecule has 0 fully saturated rings. The fourth-order valence-electron chi connectivity index (χ4n) is 2.65. The molecule has 0 saturated heterocycles. The van der Waals surface area contributed by atoms with E-state index in [1.54, 1.807) is 0 Å². The maximum Gasteiger partial charge on any atom is 0.0596 e. The van der Waals surface area contributed by atoms with Crippen molar-refractivity contribution in [2.45, 2.75) is 46.7 Å². The summed E-state index contributed by atoms with van der Waals surface area (Å²) in [6.45, 7) is 10.2. The Balaban J connectivity index is 2.28. The Labute approximate surface area is 121 Å². The smallest absolute Gasteiger partial charge is 0.0596 e. The largest absolute Gasteiger partial charge is 0.310 e. The molecule has 2 heterocycles. The van der Waals surface area contributed by atoms with Gasteiger partial charge < -0.3 is 5.32 Å². The van der Waals surface area contributed by atoms with Gasteiger partial charge in [-0.1, -0.05) is 13.0 Å². The third-order valence-electron chi connectivity index (χ3n) is 3.57. The van der Waals surface area contributed by atoms with Crippen molar-refractivity contribution >= 4 is 0 Å². The molecule has 2 aromatic heterocycles. The molecule has 2 aromatic rings. The first-order valence-corrected chi connectivity index (χ1v) is 7.33. The minimum Gasteiger partial charge on any atom is -0.310 e. The minimum absolute atomic E-state index is 0.287. The fraction of sp³-hybridized carbons (Fsp3) is 0.500. The van der Waals surface area contributed by atoms with Gasteiger partial charge in [0.2, 0.25) is 0 Å². The Morgan fingerprint density at radius 2 is 2.10 bits per heavy atom. The molecule has 0 saturated carbocycles. The number of likely N-dealkylation sites (N-methyl/N-ethyl adjacent to an activating group) is 1. The number of hydrogen-bond donors (Lipinski definition) is 1. The average molecular weight is 272 g/mol. The van der Waals surface area contributed by atoms with E-state index in [2.05, 4.69) is 53.0 Å². The second kappa shape index (κ2) is 6.66. The number of rotatable bonds is 6. The van der Waals surface area contributed by atoms with Crippen LogP contribution in [0, 0.1) is 13.8 Å². The van der Waals surface area contributed by atoms with Crippen molar-refractivity contribution in [2.75, 3.05) is 6.54 Å². The molecule has 108 valence electrons. The topological polar surface area (TPSA) is 42.7 Å². The quantitative estimate of drug-likeness (QED) is 0.879. The Morgan fingerprint density at radius 1 is 1.30 bits per heavy atom. The Kier molecular flexibility index (Phi) is 4.90.